The molecular formula is C16H13BrN2O. The van der Waals surface area contributed by atoms with Crippen molar-refractivity contribution < 1.29 is 4.79 Å². The largest absolute Gasteiger partial charge is 0.337 e. The predicted molar refractivity (Wildman–Crippen MR) is 81.1 cm³/mol. The number of amides is 1. The second kappa shape index (κ2) is 6.36. The number of hydrogen-bond acceptors (Lipinski definition) is 2. The van der Waals surface area contributed by atoms with E-state index in [4.69, 9.17) is 5.26 Å². The first-order valence-electron chi connectivity index (χ1n) is 6.11. The SMILES string of the molecule is CN(Cc1ccccc1Br)C(=O)c1cccc(C#N)c1. The molecule has 0 heterocycles. The Bertz CT molecular complexity index is 676. The zero-order chi connectivity index (χ0) is 14.5. The van der Waals surface area contributed by atoms with Crippen molar-refractivity contribution in [2.75, 3.05) is 7.05 Å². The lowest BCUT2D eigenvalue weighted by molar-refractivity contribution is 0.0785. The number of carbonyl (C=O) groups excluding carboxylic acids is 1. The standard InChI is InChI=1S/C16H13BrN2O/c1-19(11-14-6-2-3-8-15(14)17)16(20)13-7-4-5-12(9-13)10-18/h2-9H,11H2,1H3. The molecule has 0 bridgehead atoms. The molecule has 2 aromatic carbocycles. The maximum absolute atomic E-state index is 12.3. The van der Waals surface area contributed by atoms with Crippen LogP contribution in [0.15, 0.2) is 53.0 Å². The monoisotopic (exact) mass is 328 g/mol. The Morgan fingerprint density at radius 1 is 1.25 bits per heavy atom. The van der Waals surface area contributed by atoms with Crippen molar-refractivity contribution in [1.29, 1.82) is 5.26 Å². The minimum Gasteiger partial charge on any atom is -0.337 e. The molecule has 100 valence electrons. The van der Waals surface area contributed by atoms with Gasteiger partial charge < -0.3 is 4.90 Å². The minimum absolute atomic E-state index is 0.0992. The fourth-order valence-electron chi connectivity index (χ4n) is 1.90. The average molecular weight is 329 g/mol. The quantitative estimate of drug-likeness (QED) is 0.864. The van der Waals surface area contributed by atoms with Crippen LogP contribution >= 0.6 is 15.9 Å². The average Bonchev–Trinajstić information content (AvgIpc) is 2.48. The van der Waals surface area contributed by atoms with Crippen LogP contribution in [-0.2, 0) is 6.54 Å². The van der Waals surface area contributed by atoms with Crippen molar-refractivity contribution in [2.45, 2.75) is 6.54 Å². The van der Waals surface area contributed by atoms with Crippen LogP contribution in [0.4, 0.5) is 0 Å². The second-order valence-electron chi connectivity index (χ2n) is 4.45. The maximum atomic E-state index is 12.3. The molecule has 0 radical (unpaired) electrons. The van der Waals surface area contributed by atoms with E-state index >= 15 is 0 Å². The summed E-state index contributed by atoms with van der Waals surface area (Å²) >= 11 is 3.47. The summed E-state index contributed by atoms with van der Waals surface area (Å²) in [4.78, 5) is 14.0. The first kappa shape index (κ1) is 14.3. The molecule has 4 heteroatoms. The fourth-order valence-corrected chi connectivity index (χ4v) is 2.31. The van der Waals surface area contributed by atoms with Crippen molar-refractivity contribution in [2.24, 2.45) is 0 Å². The lowest BCUT2D eigenvalue weighted by Gasteiger charge is -2.18. The van der Waals surface area contributed by atoms with Gasteiger partial charge in [0.15, 0.2) is 0 Å². The molecule has 0 aliphatic carbocycles. The minimum atomic E-state index is -0.0992. The molecule has 2 rings (SSSR count). The van der Waals surface area contributed by atoms with Crippen LogP contribution in [0.2, 0.25) is 0 Å². The van der Waals surface area contributed by atoms with E-state index in [1.54, 1.807) is 36.2 Å². The van der Waals surface area contributed by atoms with E-state index in [0.717, 1.165) is 10.0 Å². The van der Waals surface area contributed by atoms with Gasteiger partial charge in [0.1, 0.15) is 0 Å². The van der Waals surface area contributed by atoms with Crippen molar-refractivity contribution in [3.8, 4) is 6.07 Å². The van der Waals surface area contributed by atoms with E-state index in [2.05, 4.69) is 15.9 Å². The topological polar surface area (TPSA) is 44.1 Å². The highest BCUT2D eigenvalue weighted by molar-refractivity contribution is 9.10. The van der Waals surface area contributed by atoms with Gasteiger partial charge >= 0.3 is 0 Å². The van der Waals surface area contributed by atoms with E-state index in [1.807, 2.05) is 30.3 Å². The number of benzene rings is 2. The molecule has 2 aromatic rings. The number of carbonyl (C=O) groups is 1. The van der Waals surface area contributed by atoms with E-state index in [0.29, 0.717) is 17.7 Å². The summed E-state index contributed by atoms with van der Waals surface area (Å²) in [5.41, 5.74) is 2.06. The van der Waals surface area contributed by atoms with Gasteiger partial charge in [-0.3, -0.25) is 4.79 Å². The lowest BCUT2D eigenvalue weighted by Crippen LogP contribution is -2.26. The highest BCUT2D eigenvalue weighted by Gasteiger charge is 2.13. The van der Waals surface area contributed by atoms with Crippen LogP contribution < -0.4 is 0 Å². The van der Waals surface area contributed by atoms with Gasteiger partial charge in [-0.2, -0.15) is 5.26 Å². The number of nitriles is 1. The van der Waals surface area contributed by atoms with Gasteiger partial charge in [-0.1, -0.05) is 40.2 Å². The van der Waals surface area contributed by atoms with Crippen LogP contribution in [-0.4, -0.2) is 17.9 Å². The third-order valence-corrected chi connectivity index (χ3v) is 3.72. The van der Waals surface area contributed by atoms with Gasteiger partial charge in [0.05, 0.1) is 11.6 Å². The fraction of sp³-hybridized carbons (Fsp3) is 0.125. The summed E-state index contributed by atoms with van der Waals surface area (Å²) in [5.74, 6) is -0.0992. The zero-order valence-corrected chi connectivity index (χ0v) is 12.6. The van der Waals surface area contributed by atoms with Crippen LogP contribution in [0.25, 0.3) is 0 Å². The Kier molecular flexibility index (Phi) is 4.54. The maximum Gasteiger partial charge on any atom is 0.253 e. The second-order valence-corrected chi connectivity index (χ2v) is 5.30. The molecule has 20 heavy (non-hydrogen) atoms. The smallest absolute Gasteiger partial charge is 0.253 e. The van der Waals surface area contributed by atoms with Gasteiger partial charge in [0, 0.05) is 23.6 Å². The van der Waals surface area contributed by atoms with Crippen LogP contribution in [0, 0.1) is 11.3 Å². The lowest BCUT2D eigenvalue weighted by atomic mass is 10.1. The molecule has 0 fully saturated rings. The van der Waals surface area contributed by atoms with Crippen molar-refractivity contribution in [3.05, 3.63) is 69.7 Å². The van der Waals surface area contributed by atoms with Gasteiger partial charge in [0.25, 0.3) is 5.91 Å². The number of nitrogens with zero attached hydrogens (tertiary/aromatic N) is 2. The third kappa shape index (κ3) is 3.25. The summed E-state index contributed by atoms with van der Waals surface area (Å²) in [5, 5.41) is 8.87. The predicted octanol–water partition coefficient (Wildman–Crippen LogP) is 3.59. The molecule has 0 N–H and O–H groups in total. The molecular weight excluding hydrogens is 316 g/mol. The van der Waals surface area contributed by atoms with E-state index < -0.39 is 0 Å². The highest BCUT2D eigenvalue weighted by Crippen LogP contribution is 2.18. The van der Waals surface area contributed by atoms with Gasteiger partial charge in [-0.05, 0) is 29.8 Å². The third-order valence-electron chi connectivity index (χ3n) is 2.95. The molecule has 0 spiro atoms. The van der Waals surface area contributed by atoms with Gasteiger partial charge in [-0.15, -0.1) is 0 Å². The molecule has 0 aromatic heterocycles. The molecule has 0 aliphatic heterocycles. The van der Waals surface area contributed by atoms with E-state index in [9.17, 15) is 4.79 Å². The zero-order valence-electron chi connectivity index (χ0n) is 11.0. The molecule has 0 atom stereocenters. The summed E-state index contributed by atoms with van der Waals surface area (Å²) in [6.45, 7) is 0.511. The van der Waals surface area contributed by atoms with E-state index in [-0.39, 0.29) is 5.91 Å². The van der Waals surface area contributed by atoms with Crippen LogP contribution in [0.5, 0.6) is 0 Å². The Morgan fingerprint density at radius 3 is 2.70 bits per heavy atom. The van der Waals surface area contributed by atoms with Crippen molar-refractivity contribution in [1.82, 2.24) is 4.90 Å². The first-order chi connectivity index (χ1) is 9.61. The summed E-state index contributed by atoms with van der Waals surface area (Å²) in [6, 6.07) is 16.6. The first-order valence-corrected chi connectivity index (χ1v) is 6.90. The molecule has 0 saturated carbocycles. The molecule has 3 nitrogen and oxygen atoms in total. The Labute approximate surface area is 126 Å². The molecule has 0 aliphatic rings. The molecule has 1 amide bonds. The summed E-state index contributed by atoms with van der Waals surface area (Å²) in [7, 11) is 1.75. The summed E-state index contributed by atoms with van der Waals surface area (Å²) < 4.78 is 0.977. The van der Waals surface area contributed by atoms with Crippen molar-refractivity contribution >= 4 is 21.8 Å². The highest BCUT2D eigenvalue weighted by atomic mass is 79.9. The Balaban J connectivity index is 2.17. The Morgan fingerprint density at radius 2 is 2.00 bits per heavy atom. The van der Waals surface area contributed by atoms with Crippen LogP contribution in [0.1, 0.15) is 21.5 Å². The number of halogens is 1. The molecule has 0 unspecified atom stereocenters. The van der Waals surface area contributed by atoms with Crippen molar-refractivity contribution in [3.63, 3.8) is 0 Å². The number of rotatable bonds is 3. The Hall–Kier alpha value is -2.12. The molecule has 0 saturated heterocycles. The normalized spacial score (nSPS) is 9.85. The van der Waals surface area contributed by atoms with Gasteiger partial charge in [0.2, 0.25) is 0 Å². The van der Waals surface area contributed by atoms with Crippen LogP contribution in [0.3, 0.4) is 0 Å². The number of hydrogen-bond donors (Lipinski definition) is 0. The van der Waals surface area contributed by atoms with Gasteiger partial charge in [-0.25, -0.2) is 0 Å². The van der Waals surface area contributed by atoms with E-state index in [1.165, 1.54) is 0 Å². The summed E-state index contributed by atoms with van der Waals surface area (Å²) in [6.07, 6.45) is 0.